The van der Waals surface area contributed by atoms with Gasteiger partial charge in [-0.2, -0.15) is 0 Å². The van der Waals surface area contributed by atoms with Gasteiger partial charge in [-0.05, 0) is 47.0 Å². The van der Waals surface area contributed by atoms with E-state index in [9.17, 15) is 0 Å². The van der Waals surface area contributed by atoms with Gasteiger partial charge in [-0.25, -0.2) is 9.98 Å². The molecule has 0 radical (unpaired) electrons. The molecule has 10 rings (SSSR count). The van der Waals surface area contributed by atoms with Crippen molar-refractivity contribution < 1.29 is 0 Å². The summed E-state index contributed by atoms with van der Waals surface area (Å²) in [6, 6.07) is 60.2. The number of benzene rings is 7. The highest BCUT2D eigenvalue weighted by molar-refractivity contribution is 7.26. The van der Waals surface area contributed by atoms with Gasteiger partial charge < -0.3 is 9.88 Å². The van der Waals surface area contributed by atoms with Crippen LogP contribution >= 0.6 is 11.3 Å². The van der Waals surface area contributed by atoms with E-state index >= 15 is 0 Å². The van der Waals surface area contributed by atoms with Crippen LogP contribution in [0.5, 0.6) is 0 Å². The van der Waals surface area contributed by atoms with Crippen molar-refractivity contribution in [1.82, 2.24) is 9.88 Å². The Bertz CT molecular complexity index is 2770. The number of hydrogen-bond acceptors (Lipinski definition) is 4. The lowest BCUT2D eigenvalue weighted by Crippen LogP contribution is -2.33. The molecule has 1 atom stereocenters. The molecule has 0 fully saturated rings. The number of rotatable bonds is 5. The van der Waals surface area contributed by atoms with Crippen molar-refractivity contribution in [2.75, 3.05) is 0 Å². The van der Waals surface area contributed by atoms with E-state index in [0.29, 0.717) is 0 Å². The molecule has 0 spiro atoms. The molecule has 9 aromatic rings. The quantitative estimate of drug-likeness (QED) is 0.196. The van der Waals surface area contributed by atoms with Gasteiger partial charge in [-0.1, -0.05) is 140 Å². The molecule has 7 aromatic carbocycles. The first-order valence-electron chi connectivity index (χ1n) is 16.9. The van der Waals surface area contributed by atoms with Crippen molar-refractivity contribution in [3.05, 3.63) is 187 Å². The fourth-order valence-electron chi connectivity index (χ4n) is 7.27. The lowest BCUT2D eigenvalue weighted by molar-refractivity contribution is 0.674. The second-order valence-corrected chi connectivity index (χ2v) is 13.7. The lowest BCUT2D eigenvalue weighted by atomic mass is 10.0. The maximum absolute atomic E-state index is 5.09. The zero-order valence-corrected chi connectivity index (χ0v) is 27.8. The highest BCUT2D eigenvalue weighted by atomic mass is 32.1. The standard InChI is InChI=1S/C45H30N4S/c1-3-12-30(13-4-1)43-46-44(31-14-5-2-6-15-31)48-45(47-43)33-17-11-16-32(28-33)29-22-24-34(25-23-29)49-39-20-9-7-18-35(39)37-26-27-38-36-19-8-10-21-40(36)50-42(38)41(37)49/h1-28,45H,(H,46,47,48). The Morgan fingerprint density at radius 2 is 1.20 bits per heavy atom. The monoisotopic (exact) mass is 658 g/mol. The molecule has 2 aromatic heterocycles. The third kappa shape index (κ3) is 4.74. The summed E-state index contributed by atoms with van der Waals surface area (Å²) in [5.74, 6) is 1.54. The molecular weight excluding hydrogens is 629 g/mol. The number of aliphatic imine (C=N–C) groups is 2. The number of para-hydroxylation sites is 1. The maximum atomic E-state index is 5.09. The number of nitrogens with one attached hydrogen (secondary N) is 1. The van der Waals surface area contributed by atoms with Crippen LogP contribution in [0.2, 0.25) is 0 Å². The normalized spacial score (nSPS) is 14.6. The average Bonchev–Trinajstić information content (AvgIpc) is 3.75. The number of nitrogens with zero attached hydrogens (tertiary/aromatic N) is 3. The zero-order valence-electron chi connectivity index (χ0n) is 27.0. The number of aromatic nitrogens is 1. The van der Waals surface area contributed by atoms with E-state index in [4.69, 9.17) is 9.98 Å². The van der Waals surface area contributed by atoms with Crippen molar-refractivity contribution in [3.63, 3.8) is 0 Å². The van der Waals surface area contributed by atoms with Crippen LogP contribution < -0.4 is 5.32 Å². The summed E-state index contributed by atoms with van der Waals surface area (Å²) in [7, 11) is 0. The highest BCUT2D eigenvalue weighted by Crippen LogP contribution is 2.43. The molecule has 0 saturated heterocycles. The largest absolute Gasteiger partial charge is 0.344 e. The van der Waals surface area contributed by atoms with Crippen molar-refractivity contribution in [1.29, 1.82) is 0 Å². The minimum absolute atomic E-state index is 0.279. The van der Waals surface area contributed by atoms with Crippen LogP contribution in [0.25, 0.3) is 58.8 Å². The Kier molecular flexibility index (Phi) is 6.71. The number of fused-ring (bicyclic) bond motifs is 7. The summed E-state index contributed by atoms with van der Waals surface area (Å²) < 4.78 is 5.08. The predicted octanol–water partition coefficient (Wildman–Crippen LogP) is 11.3. The van der Waals surface area contributed by atoms with E-state index in [-0.39, 0.29) is 6.17 Å². The zero-order chi connectivity index (χ0) is 33.0. The summed E-state index contributed by atoms with van der Waals surface area (Å²) >= 11 is 1.88. The second-order valence-electron chi connectivity index (χ2n) is 12.7. The van der Waals surface area contributed by atoms with Gasteiger partial charge in [0.05, 0.1) is 15.7 Å². The second kappa shape index (κ2) is 11.7. The van der Waals surface area contributed by atoms with Crippen molar-refractivity contribution in [2.45, 2.75) is 6.17 Å². The first-order valence-corrected chi connectivity index (χ1v) is 17.7. The first-order chi connectivity index (χ1) is 24.8. The number of thiophene rings is 1. The molecule has 3 heterocycles. The molecule has 1 N–H and O–H groups in total. The number of hydrogen-bond donors (Lipinski definition) is 1. The van der Waals surface area contributed by atoms with E-state index in [1.165, 1.54) is 42.0 Å². The van der Waals surface area contributed by atoms with Crippen LogP contribution in [-0.4, -0.2) is 16.2 Å². The van der Waals surface area contributed by atoms with Crippen molar-refractivity contribution in [2.24, 2.45) is 9.98 Å². The van der Waals surface area contributed by atoms with Crippen LogP contribution in [0.1, 0.15) is 22.9 Å². The Labute approximate surface area is 293 Å². The van der Waals surface area contributed by atoms with E-state index in [1.54, 1.807) is 0 Å². The van der Waals surface area contributed by atoms with Gasteiger partial charge in [-0.3, -0.25) is 0 Å². The van der Waals surface area contributed by atoms with Gasteiger partial charge in [0.25, 0.3) is 0 Å². The fourth-order valence-corrected chi connectivity index (χ4v) is 8.51. The average molecular weight is 659 g/mol. The van der Waals surface area contributed by atoms with E-state index in [0.717, 1.165) is 45.2 Å². The van der Waals surface area contributed by atoms with Gasteiger partial charge in [-0.15, -0.1) is 11.3 Å². The van der Waals surface area contributed by atoms with Gasteiger partial charge in [0.15, 0.2) is 5.84 Å². The molecule has 0 bridgehead atoms. The Balaban J connectivity index is 1.05. The van der Waals surface area contributed by atoms with Crippen molar-refractivity contribution in [3.8, 4) is 16.8 Å². The Morgan fingerprint density at radius 3 is 2.02 bits per heavy atom. The molecular formula is C45H30N4S. The smallest absolute Gasteiger partial charge is 0.159 e. The fraction of sp³-hybridized carbons (Fsp3) is 0.0222. The van der Waals surface area contributed by atoms with Gasteiger partial charge in [0.2, 0.25) is 0 Å². The molecule has 0 aliphatic carbocycles. The lowest BCUT2D eigenvalue weighted by Gasteiger charge is -2.24. The SMILES string of the molecule is c1ccc(C2=NC(c3cccc(-c4ccc(-n5c6ccccc6c6ccc7c8ccccc8sc7c65)cc4)c3)NC(c3ccccc3)=N2)cc1. The van der Waals surface area contributed by atoms with Gasteiger partial charge >= 0.3 is 0 Å². The molecule has 4 nitrogen and oxygen atoms in total. The molecule has 236 valence electrons. The van der Waals surface area contributed by atoms with Crippen LogP contribution in [0.15, 0.2) is 180 Å². The van der Waals surface area contributed by atoms with Crippen LogP contribution in [0, 0.1) is 0 Å². The molecule has 1 aliphatic heterocycles. The molecule has 1 aliphatic rings. The molecule has 0 saturated carbocycles. The topological polar surface area (TPSA) is 41.7 Å². The van der Waals surface area contributed by atoms with Gasteiger partial charge in [0.1, 0.15) is 12.0 Å². The minimum atomic E-state index is -0.279. The van der Waals surface area contributed by atoms with E-state index < -0.39 is 0 Å². The minimum Gasteiger partial charge on any atom is -0.344 e. The predicted molar refractivity (Wildman–Crippen MR) is 211 cm³/mol. The van der Waals surface area contributed by atoms with E-state index in [2.05, 4.69) is 143 Å². The summed E-state index contributed by atoms with van der Waals surface area (Å²) in [6.45, 7) is 0. The summed E-state index contributed by atoms with van der Waals surface area (Å²) in [5.41, 5.74) is 9.05. The van der Waals surface area contributed by atoms with Crippen LogP contribution in [0.3, 0.4) is 0 Å². The molecule has 0 amide bonds. The van der Waals surface area contributed by atoms with Gasteiger partial charge in [0, 0.05) is 43.1 Å². The third-order valence-corrected chi connectivity index (χ3v) is 10.9. The van der Waals surface area contributed by atoms with Crippen LogP contribution in [0.4, 0.5) is 0 Å². The van der Waals surface area contributed by atoms with Crippen LogP contribution in [-0.2, 0) is 0 Å². The third-order valence-electron chi connectivity index (χ3n) is 9.66. The highest BCUT2D eigenvalue weighted by Gasteiger charge is 2.22. The van der Waals surface area contributed by atoms with Crippen molar-refractivity contribution >= 4 is 65.0 Å². The summed E-state index contributed by atoms with van der Waals surface area (Å²) in [6.07, 6.45) is -0.279. The Morgan fingerprint density at radius 1 is 0.520 bits per heavy atom. The first kappa shape index (κ1) is 28.7. The molecule has 50 heavy (non-hydrogen) atoms. The van der Waals surface area contributed by atoms with E-state index in [1.807, 2.05) is 47.7 Å². The summed E-state index contributed by atoms with van der Waals surface area (Å²) in [4.78, 5) is 10.0. The molecule has 5 heteroatoms. The number of amidine groups is 2. The Hall–Kier alpha value is -6.30. The molecule has 1 unspecified atom stereocenters. The maximum Gasteiger partial charge on any atom is 0.159 e. The summed E-state index contributed by atoms with van der Waals surface area (Å²) in [5, 5.41) is 8.79.